The molecule has 1 atom stereocenters. The maximum atomic E-state index is 3.43. The lowest BCUT2D eigenvalue weighted by molar-refractivity contribution is 0.276. The molecular weight excluding hydrogens is 160 g/mol. The van der Waals surface area contributed by atoms with Gasteiger partial charge in [-0.1, -0.05) is 24.3 Å². The molecule has 2 rings (SSSR count). The third kappa shape index (κ3) is 1.60. The van der Waals surface area contributed by atoms with Crippen molar-refractivity contribution in [2.45, 2.75) is 12.6 Å². The topological polar surface area (TPSA) is 15.3 Å². The molecule has 1 heterocycles. The van der Waals surface area contributed by atoms with Gasteiger partial charge >= 0.3 is 0 Å². The van der Waals surface area contributed by atoms with Crippen molar-refractivity contribution in [1.82, 2.24) is 10.2 Å². The van der Waals surface area contributed by atoms with Crippen LogP contribution in [0.15, 0.2) is 24.3 Å². The first kappa shape index (κ1) is 8.73. The zero-order chi connectivity index (χ0) is 9.26. The Morgan fingerprint density at radius 3 is 2.85 bits per heavy atom. The number of nitrogens with zero attached hydrogens (tertiary/aromatic N) is 1. The van der Waals surface area contributed by atoms with Crippen LogP contribution in [0.3, 0.4) is 0 Å². The Kier molecular flexibility index (Phi) is 2.34. The molecule has 0 aliphatic carbocycles. The van der Waals surface area contributed by atoms with Gasteiger partial charge in [-0.15, -0.1) is 0 Å². The summed E-state index contributed by atoms with van der Waals surface area (Å²) in [6.45, 7) is 2.07. The van der Waals surface area contributed by atoms with Crippen LogP contribution >= 0.6 is 0 Å². The zero-order valence-electron chi connectivity index (χ0n) is 8.25. The normalized spacial score (nSPS) is 21.6. The van der Waals surface area contributed by atoms with E-state index in [1.807, 2.05) is 0 Å². The number of rotatable bonds is 1. The first-order valence-electron chi connectivity index (χ1n) is 4.74. The summed E-state index contributed by atoms with van der Waals surface area (Å²) >= 11 is 0. The molecule has 1 N–H and O–H groups in total. The molecular formula is C11H16N2. The molecule has 2 heteroatoms. The lowest BCUT2D eigenvalue weighted by atomic mass is 9.96. The van der Waals surface area contributed by atoms with E-state index < -0.39 is 0 Å². The summed E-state index contributed by atoms with van der Waals surface area (Å²) in [7, 11) is 4.27. The van der Waals surface area contributed by atoms with E-state index in [2.05, 4.69) is 48.6 Å². The average molecular weight is 176 g/mol. The van der Waals surface area contributed by atoms with Crippen molar-refractivity contribution in [2.75, 3.05) is 20.6 Å². The predicted octanol–water partition coefficient (Wildman–Crippen LogP) is 1.39. The van der Waals surface area contributed by atoms with Gasteiger partial charge in [0.2, 0.25) is 0 Å². The van der Waals surface area contributed by atoms with Crippen LogP contribution in [0.1, 0.15) is 17.2 Å². The third-order valence-corrected chi connectivity index (χ3v) is 2.69. The van der Waals surface area contributed by atoms with Crippen LogP contribution in [0, 0.1) is 0 Å². The standard InChI is InChI=1S/C11H16N2/c1-13(2)11-8-12-7-9-5-3-4-6-10(9)11/h3-6,11-12H,7-8H2,1-2H3/t11-/m1/s1. The molecule has 0 saturated heterocycles. The summed E-state index contributed by atoms with van der Waals surface area (Å²) < 4.78 is 0. The monoisotopic (exact) mass is 176 g/mol. The summed E-state index contributed by atoms with van der Waals surface area (Å²) in [5.74, 6) is 0. The molecule has 1 aliphatic heterocycles. The number of likely N-dealkylation sites (N-methyl/N-ethyl adjacent to an activating group) is 1. The summed E-state index contributed by atoms with van der Waals surface area (Å²) in [6.07, 6.45) is 0. The van der Waals surface area contributed by atoms with E-state index in [1.54, 1.807) is 0 Å². The molecule has 0 unspecified atom stereocenters. The highest BCUT2D eigenvalue weighted by Crippen LogP contribution is 2.24. The van der Waals surface area contributed by atoms with Gasteiger partial charge in [-0.2, -0.15) is 0 Å². The Morgan fingerprint density at radius 1 is 1.31 bits per heavy atom. The quantitative estimate of drug-likeness (QED) is 0.695. The summed E-state index contributed by atoms with van der Waals surface area (Å²) in [5, 5.41) is 3.43. The minimum absolute atomic E-state index is 0.532. The third-order valence-electron chi connectivity index (χ3n) is 2.69. The molecule has 1 aliphatic rings. The highest BCUT2D eigenvalue weighted by Gasteiger charge is 2.20. The fourth-order valence-corrected chi connectivity index (χ4v) is 1.93. The van der Waals surface area contributed by atoms with Crippen molar-refractivity contribution >= 4 is 0 Å². The molecule has 0 radical (unpaired) electrons. The second-order valence-corrected chi connectivity index (χ2v) is 3.81. The summed E-state index contributed by atoms with van der Waals surface area (Å²) in [6, 6.07) is 9.21. The molecule has 0 saturated carbocycles. The number of nitrogens with one attached hydrogen (secondary N) is 1. The van der Waals surface area contributed by atoms with Crippen LogP contribution in [0.4, 0.5) is 0 Å². The van der Waals surface area contributed by atoms with Crippen LogP contribution in [0.5, 0.6) is 0 Å². The van der Waals surface area contributed by atoms with Gasteiger partial charge in [0.15, 0.2) is 0 Å². The smallest absolute Gasteiger partial charge is 0.0470 e. The zero-order valence-corrected chi connectivity index (χ0v) is 8.25. The summed E-state index contributed by atoms with van der Waals surface area (Å²) in [5.41, 5.74) is 2.92. The predicted molar refractivity (Wildman–Crippen MR) is 54.6 cm³/mol. The molecule has 0 aromatic heterocycles. The second-order valence-electron chi connectivity index (χ2n) is 3.81. The van der Waals surface area contributed by atoms with Gasteiger partial charge in [0.05, 0.1) is 0 Å². The van der Waals surface area contributed by atoms with Gasteiger partial charge in [-0.25, -0.2) is 0 Å². The Morgan fingerprint density at radius 2 is 2.08 bits per heavy atom. The maximum Gasteiger partial charge on any atom is 0.0470 e. The lowest BCUT2D eigenvalue weighted by Gasteiger charge is -2.31. The van der Waals surface area contributed by atoms with E-state index in [9.17, 15) is 0 Å². The fourth-order valence-electron chi connectivity index (χ4n) is 1.93. The number of hydrogen-bond acceptors (Lipinski definition) is 2. The molecule has 0 amide bonds. The minimum Gasteiger partial charge on any atom is -0.311 e. The Labute approximate surface area is 79.6 Å². The Balaban J connectivity index is 2.37. The summed E-state index contributed by atoms with van der Waals surface area (Å²) in [4.78, 5) is 2.27. The van der Waals surface area contributed by atoms with Gasteiger partial charge in [0.1, 0.15) is 0 Å². The van der Waals surface area contributed by atoms with Gasteiger partial charge in [-0.05, 0) is 25.2 Å². The van der Waals surface area contributed by atoms with Gasteiger partial charge in [0, 0.05) is 19.1 Å². The second kappa shape index (κ2) is 3.48. The number of hydrogen-bond donors (Lipinski definition) is 1. The van der Waals surface area contributed by atoms with Gasteiger partial charge in [0.25, 0.3) is 0 Å². The molecule has 1 aromatic carbocycles. The molecule has 2 nitrogen and oxygen atoms in total. The first-order valence-corrected chi connectivity index (χ1v) is 4.74. The Hall–Kier alpha value is -0.860. The number of fused-ring (bicyclic) bond motifs is 1. The van der Waals surface area contributed by atoms with Crippen molar-refractivity contribution in [3.05, 3.63) is 35.4 Å². The van der Waals surface area contributed by atoms with Crippen molar-refractivity contribution in [3.8, 4) is 0 Å². The molecule has 70 valence electrons. The van der Waals surface area contributed by atoms with E-state index in [4.69, 9.17) is 0 Å². The largest absolute Gasteiger partial charge is 0.311 e. The molecule has 0 spiro atoms. The van der Waals surface area contributed by atoms with Crippen LogP contribution in [-0.2, 0) is 6.54 Å². The van der Waals surface area contributed by atoms with E-state index in [1.165, 1.54) is 11.1 Å². The van der Waals surface area contributed by atoms with Gasteiger partial charge in [-0.3, -0.25) is 0 Å². The van der Waals surface area contributed by atoms with Crippen molar-refractivity contribution < 1.29 is 0 Å². The van der Waals surface area contributed by atoms with Crippen LogP contribution in [0.25, 0.3) is 0 Å². The SMILES string of the molecule is CN(C)[C@@H]1CNCc2ccccc21. The highest BCUT2D eigenvalue weighted by atomic mass is 15.1. The molecule has 0 bridgehead atoms. The average Bonchev–Trinajstić information content (AvgIpc) is 2.17. The number of benzene rings is 1. The lowest BCUT2D eigenvalue weighted by Crippen LogP contribution is -2.35. The highest BCUT2D eigenvalue weighted by molar-refractivity contribution is 5.32. The molecule has 0 fully saturated rings. The Bertz CT molecular complexity index is 294. The fraction of sp³-hybridized carbons (Fsp3) is 0.455. The minimum atomic E-state index is 0.532. The van der Waals surface area contributed by atoms with E-state index in [-0.39, 0.29) is 0 Å². The van der Waals surface area contributed by atoms with Crippen LogP contribution in [-0.4, -0.2) is 25.5 Å². The maximum absolute atomic E-state index is 3.43. The first-order chi connectivity index (χ1) is 6.29. The van der Waals surface area contributed by atoms with Crippen LogP contribution < -0.4 is 5.32 Å². The van der Waals surface area contributed by atoms with Crippen molar-refractivity contribution in [3.63, 3.8) is 0 Å². The van der Waals surface area contributed by atoms with Crippen molar-refractivity contribution in [1.29, 1.82) is 0 Å². The van der Waals surface area contributed by atoms with Crippen LogP contribution in [0.2, 0.25) is 0 Å². The molecule has 13 heavy (non-hydrogen) atoms. The molecule has 1 aromatic rings. The van der Waals surface area contributed by atoms with Crippen molar-refractivity contribution in [2.24, 2.45) is 0 Å². The van der Waals surface area contributed by atoms with E-state index >= 15 is 0 Å². The van der Waals surface area contributed by atoms with E-state index in [0.717, 1.165) is 13.1 Å². The van der Waals surface area contributed by atoms with Gasteiger partial charge < -0.3 is 10.2 Å². The van der Waals surface area contributed by atoms with E-state index in [0.29, 0.717) is 6.04 Å².